The number of urea groups is 1. The molecule has 2 amide bonds. The van der Waals surface area contributed by atoms with E-state index in [-0.39, 0.29) is 16.4 Å². The number of rotatable bonds is 5. The number of anilines is 2. The second kappa shape index (κ2) is 8.64. The molecule has 3 aromatic rings. The lowest BCUT2D eigenvalue weighted by molar-refractivity contribution is 0.0600. The second-order valence-electron chi connectivity index (χ2n) is 5.93. The quantitative estimate of drug-likeness (QED) is 0.477. The van der Waals surface area contributed by atoms with Crippen molar-refractivity contribution < 1.29 is 19.1 Å². The third-order valence-electron chi connectivity index (χ3n) is 4.13. The summed E-state index contributed by atoms with van der Waals surface area (Å²) in [4.78, 5) is 28.6. The minimum absolute atomic E-state index is 0.240. The molecule has 3 rings (SSSR count). The molecule has 0 saturated heterocycles. The molecule has 1 aromatic carbocycles. The van der Waals surface area contributed by atoms with Crippen LogP contribution in [0.3, 0.4) is 0 Å². The average Bonchev–Trinajstić information content (AvgIpc) is 3.11. The van der Waals surface area contributed by atoms with E-state index < -0.39 is 18.1 Å². The van der Waals surface area contributed by atoms with Crippen molar-refractivity contribution in [2.24, 2.45) is 0 Å². The van der Waals surface area contributed by atoms with Crippen LogP contribution in [0.4, 0.5) is 16.2 Å². The molecule has 0 bridgehead atoms. The number of halogens is 2. The molecule has 0 aliphatic heterocycles. The summed E-state index contributed by atoms with van der Waals surface area (Å²) in [5.41, 5.74) is 1.87. The number of aromatic nitrogens is 3. The van der Waals surface area contributed by atoms with Gasteiger partial charge in [-0.1, -0.05) is 17.7 Å². The molecule has 152 valence electrons. The minimum Gasteiger partial charge on any atom is -0.465 e. The Balaban J connectivity index is 1.93. The summed E-state index contributed by atoms with van der Waals surface area (Å²) in [6, 6.07) is 7.17. The van der Waals surface area contributed by atoms with Crippen molar-refractivity contribution in [1.29, 1.82) is 0 Å². The van der Waals surface area contributed by atoms with Gasteiger partial charge in [-0.3, -0.25) is 0 Å². The highest BCUT2D eigenvalue weighted by Gasteiger charge is 2.24. The molecule has 2 aromatic heterocycles. The van der Waals surface area contributed by atoms with E-state index in [9.17, 15) is 9.59 Å². The molecule has 0 saturated carbocycles. The van der Waals surface area contributed by atoms with Gasteiger partial charge in [0.15, 0.2) is 10.8 Å². The predicted molar refractivity (Wildman–Crippen MR) is 109 cm³/mol. The number of fused-ring (bicyclic) bond motifs is 1. The molecule has 0 spiro atoms. The number of carbonyl (C=O) groups is 2. The van der Waals surface area contributed by atoms with E-state index >= 15 is 0 Å². The van der Waals surface area contributed by atoms with Gasteiger partial charge in [0.2, 0.25) is 0 Å². The van der Waals surface area contributed by atoms with Gasteiger partial charge in [0, 0.05) is 30.6 Å². The van der Waals surface area contributed by atoms with Crippen LogP contribution in [-0.2, 0) is 9.47 Å². The van der Waals surface area contributed by atoms with Gasteiger partial charge < -0.3 is 14.8 Å². The Morgan fingerprint density at radius 1 is 1.28 bits per heavy atom. The molecule has 2 heterocycles. The first-order chi connectivity index (χ1) is 13.8. The van der Waals surface area contributed by atoms with Gasteiger partial charge in [-0.05, 0) is 25.1 Å². The molecule has 1 atom stereocenters. The first kappa shape index (κ1) is 20.8. The molecular formula is C18H17Cl2N5O4. The van der Waals surface area contributed by atoms with Crippen LogP contribution in [0.2, 0.25) is 5.15 Å². The number of hydrogen-bond donors (Lipinski definition) is 1. The number of nitrogens with one attached hydrogen (secondary N) is 1. The van der Waals surface area contributed by atoms with Crippen molar-refractivity contribution in [3.63, 3.8) is 0 Å². The van der Waals surface area contributed by atoms with E-state index in [1.165, 1.54) is 31.0 Å². The lowest BCUT2D eigenvalue weighted by atomic mass is 10.2. The van der Waals surface area contributed by atoms with Crippen LogP contribution in [0.5, 0.6) is 0 Å². The zero-order chi connectivity index (χ0) is 21.1. The molecule has 1 N–H and O–H groups in total. The summed E-state index contributed by atoms with van der Waals surface area (Å²) < 4.78 is 12.4. The molecule has 29 heavy (non-hydrogen) atoms. The zero-order valence-electron chi connectivity index (χ0n) is 15.7. The fraction of sp³-hybridized carbons (Fsp3) is 0.222. The normalized spacial score (nSPS) is 11.9. The van der Waals surface area contributed by atoms with Crippen molar-refractivity contribution in [3.05, 3.63) is 52.9 Å². The van der Waals surface area contributed by atoms with E-state index in [2.05, 4.69) is 20.1 Å². The smallest absolute Gasteiger partial charge is 0.341 e. The van der Waals surface area contributed by atoms with Gasteiger partial charge in [-0.25, -0.2) is 19.1 Å². The summed E-state index contributed by atoms with van der Waals surface area (Å²) in [5.74, 6) is -0.523. The van der Waals surface area contributed by atoms with Crippen LogP contribution in [-0.4, -0.2) is 40.8 Å². The predicted octanol–water partition coefficient (Wildman–Crippen LogP) is 4.07. The van der Waals surface area contributed by atoms with Crippen molar-refractivity contribution in [2.45, 2.75) is 13.0 Å². The van der Waals surface area contributed by atoms with Gasteiger partial charge in [0.05, 0.1) is 30.7 Å². The highest BCUT2D eigenvalue weighted by Crippen LogP contribution is 2.30. The van der Waals surface area contributed by atoms with Crippen LogP contribution < -0.4 is 9.74 Å². The molecule has 0 fully saturated rings. The first-order valence-electron chi connectivity index (χ1n) is 8.38. The number of methoxy groups -OCH3 is 2. The van der Waals surface area contributed by atoms with Gasteiger partial charge in [0.25, 0.3) is 0 Å². The summed E-state index contributed by atoms with van der Waals surface area (Å²) in [6.45, 7) is 1.77. The van der Waals surface area contributed by atoms with Gasteiger partial charge in [-0.2, -0.15) is 9.52 Å². The largest absolute Gasteiger partial charge is 0.465 e. The summed E-state index contributed by atoms with van der Waals surface area (Å²) in [6.07, 6.45) is 0.957. The first-order valence-corrected chi connectivity index (χ1v) is 9.09. The van der Waals surface area contributed by atoms with Crippen LogP contribution in [0.15, 0.2) is 36.5 Å². The van der Waals surface area contributed by atoms with Gasteiger partial charge >= 0.3 is 12.0 Å². The molecular weight excluding hydrogens is 421 g/mol. The highest BCUT2D eigenvalue weighted by molar-refractivity contribution is 6.38. The number of amides is 2. The Morgan fingerprint density at radius 2 is 2.03 bits per heavy atom. The van der Waals surface area contributed by atoms with Gasteiger partial charge in [0.1, 0.15) is 5.69 Å². The number of esters is 1. The maximum Gasteiger partial charge on any atom is 0.341 e. The van der Waals surface area contributed by atoms with Gasteiger partial charge in [-0.15, -0.1) is 0 Å². The Labute approximate surface area is 176 Å². The fourth-order valence-corrected chi connectivity index (χ4v) is 3.03. The Morgan fingerprint density at radius 3 is 2.72 bits per heavy atom. The topological polar surface area (TPSA) is 98.1 Å². The Hall–Kier alpha value is -2.88. The Kier molecular flexibility index (Phi) is 6.21. The third kappa shape index (κ3) is 4.26. The van der Waals surface area contributed by atoms with E-state index in [0.29, 0.717) is 17.0 Å². The van der Waals surface area contributed by atoms with E-state index in [4.69, 9.17) is 28.1 Å². The van der Waals surface area contributed by atoms with Crippen molar-refractivity contribution >= 4 is 52.4 Å². The lowest BCUT2D eigenvalue weighted by Gasteiger charge is -2.21. The lowest BCUT2D eigenvalue weighted by Crippen LogP contribution is -2.29. The average molecular weight is 438 g/mol. The maximum absolute atomic E-state index is 12.7. The summed E-state index contributed by atoms with van der Waals surface area (Å²) in [7, 11) is 2.79. The monoisotopic (exact) mass is 437 g/mol. The van der Waals surface area contributed by atoms with Crippen molar-refractivity contribution in [2.75, 3.05) is 24.0 Å². The van der Waals surface area contributed by atoms with Crippen LogP contribution in [0.25, 0.3) is 5.65 Å². The van der Waals surface area contributed by atoms with Crippen LogP contribution >= 0.6 is 23.4 Å². The van der Waals surface area contributed by atoms with Crippen LogP contribution in [0, 0.1) is 0 Å². The number of ether oxygens (including phenoxy) is 2. The van der Waals surface area contributed by atoms with Crippen molar-refractivity contribution in [3.8, 4) is 0 Å². The second-order valence-corrected chi connectivity index (χ2v) is 6.65. The number of benzene rings is 1. The standard InChI is InChI=1S/C18H17Cl2N5O4/c1-10(28-2)16-13(9-21-15-8-14(19)23-25(15)16)24(20)18(27)22-12-6-4-5-11(7-12)17(26)29-3/h4-10H,1-3H3,(H,22,27)/t10-/m0/s1. The van der Waals surface area contributed by atoms with Crippen molar-refractivity contribution in [1.82, 2.24) is 14.6 Å². The molecule has 0 unspecified atom stereocenters. The number of hydrogen-bond acceptors (Lipinski definition) is 6. The SMILES string of the molecule is COC(=O)c1cccc(NC(=O)N(Cl)c2cnc3cc(Cl)nn3c2[C@H](C)OC)c1. The molecule has 0 radical (unpaired) electrons. The number of nitrogens with zero attached hydrogens (tertiary/aromatic N) is 4. The molecule has 11 heteroatoms. The van der Waals surface area contributed by atoms with E-state index in [1.807, 2.05) is 0 Å². The van der Waals surface area contributed by atoms with E-state index in [1.54, 1.807) is 31.2 Å². The molecule has 9 nitrogen and oxygen atoms in total. The third-order valence-corrected chi connectivity index (χ3v) is 4.65. The van der Waals surface area contributed by atoms with E-state index in [0.717, 1.165) is 4.42 Å². The minimum atomic E-state index is -0.669. The molecule has 0 aliphatic carbocycles. The Bertz CT molecular complexity index is 1070. The molecule has 0 aliphatic rings. The maximum atomic E-state index is 12.7. The fourth-order valence-electron chi connectivity index (χ4n) is 2.68. The summed E-state index contributed by atoms with van der Waals surface area (Å²) >= 11 is 12.3. The summed E-state index contributed by atoms with van der Waals surface area (Å²) in [5, 5.41) is 7.04. The highest BCUT2D eigenvalue weighted by atomic mass is 35.5. The zero-order valence-corrected chi connectivity index (χ0v) is 17.2. The number of carbonyl (C=O) groups excluding carboxylic acids is 2. The van der Waals surface area contributed by atoms with Crippen LogP contribution in [0.1, 0.15) is 29.1 Å².